The van der Waals surface area contributed by atoms with Crippen molar-refractivity contribution in [2.45, 2.75) is 12.8 Å². The molecule has 1 rings (SSSR count). The smallest absolute Gasteiger partial charge is 0.233 e. The lowest BCUT2D eigenvalue weighted by Gasteiger charge is -2.08. The molecule has 0 saturated carbocycles. The van der Waals surface area contributed by atoms with Crippen LogP contribution in [0.3, 0.4) is 0 Å². The Labute approximate surface area is 128 Å². The predicted molar refractivity (Wildman–Crippen MR) is 80.8 cm³/mol. The molecule has 7 heteroatoms. The summed E-state index contributed by atoms with van der Waals surface area (Å²) in [5.74, 6) is -0.214. The van der Waals surface area contributed by atoms with Crippen LogP contribution in [0.4, 0.5) is 5.69 Å². The quantitative estimate of drug-likeness (QED) is 0.567. The number of anilines is 1. The second kappa shape index (κ2) is 9.20. The molecule has 2 N–H and O–H groups in total. The highest BCUT2D eigenvalue weighted by Crippen LogP contribution is 2.27. The van der Waals surface area contributed by atoms with E-state index >= 15 is 0 Å². The van der Waals surface area contributed by atoms with Gasteiger partial charge in [-0.25, -0.2) is 0 Å². The fourth-order valence-corrected chi connectivity index (χ4v) is 1.86. The largest absolute Gasteiger partial charge is 0.495 e. The third-order valence-electron chi connectivity index (χ3n) is 2.60. The number of carbonyl (C=O) groups is 2. The number of benzene rings is 1. The Balaban J connectivity index is 2.39. The van der Waals surface area contributed by atoms with Crippen LogP contribution in [0, 0.1) is 0 Å². The maximum Gasteiger partial charge on any atom is 0.233 e. The third-order valence-corrected chi connectivity index (χ3v) is 2.90. The number of hydrogen-bond donors (Lipinski definition) is 2. The van der Waals surface area contributed by atoms with Gasteiger partial charge >= 0.3 is 0 Å². The highest BCUT2D eigenvalue weighted by Gasteiger charge is 2.10. The number of halogens is 1. The van der Waals surface area contributed by atoms with E-state index in [1.54, 1.807) is 25.3 Å². The molecule has 0 aromatic heterocycles. The first-order chi connectivity index (χ1) is 10.1. The molecule has 1 aromatic rings. The van der Waals surface area contributed by atoms with Crippen molar-refractivity contribution in [2.24, 2.45) is 0 Å². The summed E-state index contributed by atoms with van der Waals surface area (Å²) < 4.78 is 9.88. The molecular formula is C14H19ClN2O4. The zero-order valence-corrected chi connectivity index (χ0v) is 12.8. The molecule has 116 valence electrons. The van der Waals surface area contributed by atoms with Crippen LogP contribution in [0.25, 0.3) is 0 Å². The summed E-state index contributed by atoms with van der Waals surface area (Å²) in [4.78, 5) is 23.2. The average molecular weight is 315 g/mol. The predicted octanol–water partition coefficient (Wildman–Crippen LogP) is 1.83. The number of methoxy groups -OCH3 is 2. The molecular weight excluding hydrogens is 296 g/mol. The van der Waals surface area contributed by atoms with Gasteiger partial charge < -0.3 is 20.1 Å². The molecule has 21 heavy (non-hydrogen) atoms. The van der Waals surface area contributed by atoms with Gasteiger partial charge in [-0.1, -0.05) is 11.6 Å². The molecule has 0 atom stereocenters. The van der Waals surface area contributed by atoms with Crippen molar-refractivity contribution < 1.29 is 19.1 Å². The van der Waals surface area contributed by atoms with E-state index < -0.39 is 5.91 Å². The van der Waals surface area contributed by atoms with Gasteiger partial charge in [0.25, 0.3) is 0 Å². The van der Waals surface area contributed by atoms with Crippen LogP contribution in [0.15, 0.2) is 18.2 Å². The Bertz CT molecular complexity index is 494. The number of ether oxygens (including phenoxy) is 2. The summed E-state index contributed by atoms with van der Waals surface area (Å²) in [6.07, 6.45) is 0.467. The summed E-state index contributed by atoms with van der Waals surface area (Å²) in [5, 5.41) is 5.63. The van der Waals surface area contributed by atoms with Crippen LogP contribution in [0.2, 0.25) is 5.02 Å². The first-order valence-corrected chi connectivity index (χ1v) is 6.83. The molecule has 0 fully saturated rings. The molecule has 0 bridgehead atoms. The fraction of sp³-hybridized carbons (Fsp3) is 0.429. The van der Waals surface area contributed by atoms with Crippen molar-refractivity contribution in [3.63, 3.8) is 0 Å². The van der Waals surface area contributed by atoms with E-state index in [-0.39, 0.29) is 12.3 Å². The zero-order chi connectivity index (χ0) is 15.7. The van der Waals surface area contributed by atoms with Gasteiger partial charge in [0.05, 0.1) is 12.1 Å². The van der Waals surface area contributed by atoms with Gasteiger partial charge in [-0.3, -0.25) is 9.59 Å². The summed E-state index contributed by atoms with van der Waals surface area (Å²) in [6, 6.07) is 4.86. The summed E-state index contributed by atoms with van der Waals surface area (Å²) in [6.45, 7) is 1.05. The van der Waals surface area contributed by atoms with Crippen LogP contribution in [-0.4, -0.2) is 39.2 Å². The number of rotatable bonds is 8. The average Bonchev–Trinajstić information content (AvgIpc) is 2.43. The lowest BCUT2D eigenvalue weighted by atomic mass is 10.3. The van der Waals surface area contributed by atoms with Crippen LogP contribution >= 0.6 is 11.6 Å². The first kappa shape index (κ1) is 17.3. The lowest BCUT2D eigenvalue weighted by molar-refractivity contribution is -0.126. The Morgan fingerprint density at radius 3 is 2.62 bits per heavy atom. The fourth-order valence-electron chi connectivity index (χ4n) is 1.60. The second-order valence-electron chi connectivity index (χ2n) is 4.27. The Hall–Kier alpha value is -1.79. The standard InChI is InChI=1S/C14H19ClN2O4/c1-20-7-3-6-16-13(18)9-14(19)17-10-4-5-12(21-2)11(15)8-10/h4-5,8H,3,6-7,9H2,1-2H3,(H,16,18)(H,17,19). The van der Waals surface area contributed by atoms with Gasteiger partial charge in [0.15, 0.2) is 0 Å². The maximum atomic E-state index is 11.7. The minimum atomic E-state index is -0.402. The van der Waals surface area contributed by atoms with Crippen LogP contribution in [-0.2, 0) is 14.3 Å². The van der Waals surface area contributed by atoms with Crippen LogP contribution in [0.1, 0.15) is 12.8 Å². The maximum absolute atomic E-state index is 11.7. The SMILES string of the molecule is COCCCNC(=O)CC(=O)Nc1ccc(OC)c(Cl)c1. The lowest BCUT2D eigenvalue weighted by Crippen LogP contribution is -2.29. The first-order valence-electron chi connectivity index (χ1n) is 6.46. The molecule has 1 aromatic carbocycles. The normalized spacial score (nSPS) is 10.0. The Morgan fingerprint density at radius 2 is 2.00 bits per heavy atom. The number of carbonyl (C=O) groups excluding carboxylic acids is 2. The molecule has 0 saturated heterocycles. The second-order valence-corrected chi connectivity index (χ2v) is 4.68. The van der Waals surface area contributed by atoms with Crippen LogP contribution < -0.4 is 15.4 Å². The zero-order valence-electron chi connectivity index (χ0n) is 12.1. The molecule has 0 aliphatic heterocycles. The van der Waals surface area contributed by atoms with Gasteiger partial charge in [0, 0.05) is 25.9 Å². The van der Waals surface area contributed by atoms with Gasteiger partial charge in [-0.05, 0) is 24.6 Å². The van der Waals surface area contributed by atoms with E-state index in [0.29, 0.717) is 36.0 Å². The van der Waals surface area contributed by atoms with Crippen molar-refractivity contribution in [1.82, 2.24) is 5.32 Å². The van der Waals surface area contributed by atoms with Gasteiger partial charge in [-0.2, -0.15) is 0 Å². The minimum Gasteiger partial charge on any atom is -0.495 e. The van der Waals surface area contributed by atoms with E-state index in [2.05, 4.69) is 10.6 Å². The molecule has 6 nitrogen and oxygen atoms in total. The van der Waals surface area contributed by atoms with Crippen molar-refractivity contribution in [1.29, 1.82) is 0 Å². The van der Waals surface area contributed by atoms with Gasteiger partial charge in [0.1, 0.15) is 12.2 Å². The van der Waals surface area contributed by atoms with Crippen LogP contribution in [0.5, 0.6) is 5.75 Å². The van der Waals surface area contributed by atoms with E-state index in [1.807, 2.05) is 0 Å². The summed E-state index contributed by atoms with van der Waals surface area (Å²) in [7, 11) is 3.10. The molecule has 0 aliphatic rings. The molecule has 0 radical (unpaired) electrons. The summed E-state index contributed by atoms with van der Waals surface area (Å²) in [5.41, 5.74) is 0.512. The minimum absolute atomic E-state index is 0.239. The van der Waals surface area contributed by atoms with Gasteiger partial charge in [-0.15, -0.1) is 0 Å². The number of amides is 2. The number of hydrogen-bond acceptors (Lipinski definition) is 4. The highest BCUT2D eigenvalue weighted by atomic mass is 35.5. The molecule has 2 amide bonds. The Morgan fingerprint density at radius 1 is 1.24 bits per heavy atom. The third kappa shape index (κ3) is 6.46. The monoisotopic (exact) mass is 314 g/mol. The van der Waals surface area contributed by atoms with Gasteiger partial charge in [0.2, 0.25) is 11.8 Å². The summed E-state index contributed by atoms with van der Waals surface area (Å²) >= 11 is 5.95. The molecule has 0 aliphatic carbocycles. The molecule has 0 spiro atoms. The van der Waals surface area contributed by atoms with E-state index in [9.17, 15) is 9.59 Å². The van der Waals surface area contributed by atoms with Crippen molar-refractivity contribution in [3.8, 4) is 5.75 Å². The molecule has 0 unspecified atom stereocenters. The molecule has 0 heterocycles. The Kier molecular flexibility index (Phi) is 7.56. The topological polar surface area (TPSA) is 76.7 Å². The van der Waals surface area contributed by atoms with E-state index in [0.717, 1.165) is 0 Å². The van der Waals surface area contributed by atoms with Crippen molar-refractivity contribution in [3.05, 3.63) is 23.2 Å². The van der Waals surface area contributed by atoms with E-state index in [4.69, 9.17) is 21.1 Å². The van der Waals surface area contributed by atoms with Crippen molar-refractivity contribution in [2.75, 3.05) is 32.7 Å². The van der Waals surface area contributed by atoms with Crippen molar-refractivity contribution >= 4 is 29.1 Å². The number of nitrogens with one attached hydrogen (secondary N) is 2. The highest BCUT2D eigenvalue weighted by molar-refractivity contribution is 6.32. The van der Waals surface area contributed by atoms with E-state index in [1.165, 1.54) is 7.11 Å².